The Balaban J connectivity index is 1.74. The zero-order valence-electron chi connectivity index (χ0n) is 13.4. The minimum absolute atomic E-state index is 0.0862. The zero-order chi connectivity index (χ0) is 15.6. The van der Waals surface area contributed by atoms with Crippen molar-refractivity contribution in [2.75, 3.05) is 7.11 Å². The molecule has 0 saturated heterocycles. The smallest absolute Gasteiger partial charge is 0.138 e. The second-order valence-electron chi connectivity index (χ2n) is 7.45. The summed E-state index contributed by atoms with van der Waals surface area (Å²) in [7, 11) is 1.70. The lowest BCUT2D eigenvalue weighted by Crippen LogP contribution is -2.39. The second-order valence-corrected chi connectivity index (χ2v) is 7.45. The molecular formula is C21H20O2. The Labute approximate surface area is 136 Å². The molecule has 2 aromatic rings. The van der Waals surface area contributed by atoms with E-state index >= 15 is 0 Å². The summed E-state index contributed by atoms with van der Waals surface area (Å²) in [6.45, 7) is 0. The fraction of sp³-hybridized carbons (Fsp3) is 0.381. The van der Waals surface area contributed by atoms with E-state index in [1.165, 1.54) is 28.3 Å². The fourth-order valence-corrected chi connectivity index (χ4v) is 5.21. The van der Waals surface area contributed by atoms with Crippen molar-refractivity contribution in [3.8, 4) is 5.75 Å². The van der Waals surface area contributed by atoms with E-state index in [4.69, 9.17) is 4.74 Å². The average molecular weight is 304 g/mol. The van der Waals surface area contributed by atoms with E-state index in [1.807, 2.05) is 6.07 Å². The Morgan fingerprint density at radius 1 is 1.13 bits per heavy atom. The van der Waals surface area contributed by atoms with Crippen LogP contribution < -0.4 is 4.74 Å². The van der Waals surface area contributed by atoms with Gasteiger partial charge >= 0.3 is 0 Å². The van der Waals surface area contributed by atoms with Gasteiger partial charge in [-0.05, 0) is 59.2 Å². The first-order valence-corrected chi connectivity index (χ1v) is 8.49. The van der Waals surface area contributed by atoms with Crippen LogP contribution in [0, 0.1) is 5.92 Å². The molecular weight excluding hydrogens is 284 g/mol. The molecule has 2 atom stereocenters. The van der Waals surface area contributed by atoms with Crippen molar-refractivity contribution in [3.05, 3.63) is 53.1 Å². The highest BCUT2D eigenvalue weighted by atomic mass is 16.5. The quantitative estimate of drug-likeness (QED) is 0.733. The summed E-state index contributed by atoms with van der Waals surface area (Å²) in [6.07, 6.45) is 7.19. The highest BCUT2D eigenvalue weighted by molar-refractivity contribution is 5.91. The SMILES string of the molecule is COc1ccc2cc3c(cc2c1)CC(=O)CC31CC2=CCC1C2. The van der Waals surface area contributed by atoms with Crippen LogP contribution in [-0.2, 0) is 16.6 Å². The molecule has 2 bridgehead atoms. The summed E-state index contributed by atoms with van der Waals surface area (Å²) in [5.41, 5.74) is 4.35. The van der Waals surface area contributed by atoms with E-state index < -0.39 is 0 Å². The van der Waals surface area contributed by atoms with Crippen LogP contribution in [-0.4, -0.2) is 12.9 Å². The van der Waals surface area contributed by atoms with E-state index in [-0.39, 0.29) is 5.41 Å². The van der Waals surface area contributed by atoms with Crippen LogP contribution in [0.15, 0.2) is 42.0 Å². The van der Waals surface area contributed by atoms with E-state index in [1.54, 1.807) is 12.7 Å². The number of benzene rings is 2. The first-order chi connectivity index (χ1) is 11.2. The Morgan fingerprint density at radius 2 is 2.04 bits per heavy atom. The van der Waals surface area contributed by atoms with Crippen molar-refractivity contribution in [3.63, 3.8) is 0 Å². The third-order valence-corrected chi connectivity index (χ3v) is 6.23. The van der Waals surface area contributed by atoms with Crippen molar-refractivity contribution in [1.82, 2.24) is 0 Å². The van der Waals surface area contributed by atoms with Gasteiger partial charge in [0, 0.05) is 18.3 Å². The fourth-order valence-electron chi connectivity index (χ4n) is 5.21. The number of rotatable bonds is 1. The molecule has 1 fully saturated rings. The maximum absolute atomic E-state index is 12.5. The Hall–Kier alpha value is -2.09. The number of ketones is 1. The first kappa shape index (κ1) is 13.4. The lowest BCUT2D eigenvalue weighted by atomic mass is 9.62. The molecule has 2 aromatic carbocycles. The molecule has 3 aliphatic rings. The van der Waals surface area contributed by atoms with E-state index in [0.29, 0.717) is 18.1 Å². The van der Waals surface area contributed by atoms with Gasteiger partial charge in [-0.15, -0.1) is 0 Å². The van der Waals surface area contributed by atoms with Crippen molar-refractivity contribution in [2.45, 2.75) is 37.5 Å². The molecule has 0 aromatic heterocycles. The highest BCUT2D eigenvalue weighted by Gasteiger charge is 2.51. The molecule has 0 N–H and O–H groups in total. The summed E-state index contributed by atoms with van der Waals surface area (Å²) in [5.74, 6) is 1.92. The largest absolute Gasteiger partial charge is 0.497 e. The number of carbonyl (C=O) groups excluding carboxylic acids is 1. The molecule has 3 aliphatic carbocycles. The lowest BCUT2D eigenvalue weighted by Gasteiger charge is -2.41. The Bertz CT molecular complexity index is 877. The third-order valence-electron chi connectivity index (χ3n) is 6.23. The average Bonchev–Trinajstić information content (AvgIpc) is 3.14. The van der Waals surface area contributed by atoms with Crippen LogP contribution in [0.2, 0.25) is 0 Å². The minimum Gasteiger partial charge on any atom is -0.497 e. The molecule has 23 heavy (non-hydrogen) atoms. The molecule has 1 saturated carbocycles. The molecule has 0 aliphatic heterocycles. The van der Waals surface area contributed by atoms with Crippen molar-refractivity contribution in [1.29, 1.82) is 0 Å². The number of carbonyl (C=O) groups is 1. The standard InChI is InChI=1S/C21H20O2/c1-23-19-5-3-14-10-20-16(7-15(14)9-19)8-18(22)12-21(20)11-13-2-4-17(21)6-13/h2-3,5,7,9-10,17H,4,6,8,11-12H2,1H3. The molecule has 116 valence electrons. The molecule has 0 heterocycles. The van der Waals surface area contributed by atoms with Gasteiger partial charge in [0.2, 0.25) is 0 Å². The number of allylic oxidation sites excluding steroid dienone is 2. The van der Waals surface area contributed by atoms with E-state index in [0.717, 1.165) is 25.0 Å². The van der Waals surface area contributed by atoms with Crippen molar-refractivity contribution < 1.29 is 9.53 Å². The van der Waals surface area contributed by atoms with Gasteiger partial charge in [0.05, 0.1) is 7.11 Å². The summed E-state index contributed by atoms with van der Waals surface area (Å²) in [4.78, 5) is 12.5. The maximum atomic E-state index is 12.5. The van der Waals surface area contributed by atoms with Gasteiger partial charge in [-0.1, -0.05) is 29.8 Å². The number of ether oxygens (including phenoxy) is 1. The molecule has 2 heteroatoms. The van der Waals surface area contributed by atoms with Gasteiger partial charge in [0.15, 0.2) is 0 Å². The van der Waals surface area contributed by atoms with Gasteiger partial charge in [0.1, 0.15) is 11.5 Å². The summed E-state index contributed by atoms with van der Waals surface area (Å²) >= 11 is 0. The van der Waals surface area contributed by atoms with Gasteiger partial charge < -0.3 is 4.74 Å². The zero-order valence-corrected chi connectivity index (χ0v) is 13.4. The van der Waals surface area contributed by atoms with Crippen LogP contribution in [0.1, 0.15) is 36.8 Å². The number of Topliss-reactive ketones (excluding diaryl/α,β-unsaturated/α-hetero) is 1. The molecule has 5 rings (SSSR count). The highest BCUT2D eigenvalue weighted by Crippen LogP contribution is 2.58. The summed E-state index contributed by atoms with van der Waals surface area (Å²) in [6, 6.07) is 10.8. The number of fused-ring (bicyclic) bond motifs is 6. The Morgan fingerprint density at radius 3 is 2.78 bits per heavy atom. The maximum Gasteiger partial charge on any atom is 0.138 e. The number of methoxy groups -OCH3 is 1. The molecule has 0 amide bonds. The van der Waals surface area contributed by atoms with Gasteiger partial charge in [0.25, 0.3) is 0 Å². The number of hydrogen-bond acceptors (Lipinski definition) is 2. The minimum atomic E-state index is 0.0862. The predicted octanol–water partition coefficient (Wildman–Crippen LogP) is 4.34. The molecule has 0 radical (unpaired) electrons. The molecule has 2 unspecified atom stereocenters. The first-order valence-electron chi connectivity index (χ1n) is 8.49. The third kappa shape index (κ3) is 1.78. The monoisotopic (exact) mass is 304 g/mol. The number of hydrogen-bond donors (Lipinski definition) is 0. The predicted molar refractivity (Wildman–Crippen MR) is 90.9 cm³/mol. The molecule has 1 spiro atoms. The van der Waals surface area contributed by atoms with Gasteiger partial charge in [-0.2, -0.15) is 0 Å². The van der Waals surface area contributed by atoms with Crippen LogP contribution in [0.5, 0.6) is 5.75 Å². The van der Waals surface area contributed by atoms with Crippen molar-refractivity contribution >= 4 is 16.6 Å². The summed E-state index contributed by atoms with van der Waals surface area (Å²) in [5, 5.41) is 2.44. The van der Waals surface area contributed by atoms with Gasteiger partial charge in [-0.3, -0.25) is 4.79 Å². The topological polar surface area (TPSA) is 26.3 Å². The van der Waals surface area contributed by atoms with E-state index in [2.05, 4.69) is 30.3 Å². The van der Waals surface area contributed by atoms with Crippen molar-refractivity contribution in [2.24, 2.45) is 5.92 Å². The van der Waals surface area contributed by atoms with Crippen LogP contribution in [0.3, 0.4) is 0 Å². The van der Waals surface area contributed by atoms with Crippen LogP contribution in [0.4, 0.5) is 0 Å². The lowest BCUT2D eigenvalue weighted by molar-refractivity contribution is -0.120. The summed E-state index contributed by atoms with van der Waals surface area (Å²) < 4.78 is 5.35. The Kier molecular flexibility index (Phi) is 2.60. The normalized spacial score (nSPS) is 28.3. The van der Waals surface area contributed by atoms with Crippen LogP contribution >= 0.6 is 0 Å². The van der Waals surface area contributed by atoms with Gasteiger partial charge in [-0.25, -0.2) is 0 Å². The van der Waals surface area contributed by atoms with E-state index in [9.17, 15) is 4.79 Å². The van der Waals surface area contributed by atoms with Crippen LogP contribution in [0.25, 0.3) is 10.8 Å². The second kappa shape index (κ2) is 4.47. The molecule has 2 nitrogen and oxygen atoms in total.